The third kappa shape index (κ3) is 3.06. The van der Waals surface area contributed by atoms with Crippen molar-refractivity contribution in [3.8, 4) is 0 Å². The van der Waals surface area contributed by atoms with Gasteiger partial charge in [-0.1, -0.05) is 30.3 Å². The molecule has 1 aliphatic heterocycles. The van der Waals surface area contributed by atoms with Crippen molar-refractivity contribution in [1.82, 2.24) is 5.32 Å². The summed E-state index contributed by atoms with van der Waals surface area (Å²) in [4.78, 5) is 0. The Kier molecular flexibility index (Phi) is 3.96. The fourth-order valence-corrected chi connectivity index (χ4v) is 2.65. The van der Waals surface area contributed by atoms with Crippen LogP contribution < -0.4 is 5.32 Å². The molecule has 3 rings (SSSR count). The van der Waals surface area contributed by atoms with E-state index >= 15 is 0 Å². The van der Waals surface area contributed by atoms with E-state index in [0.717, 1.165) is 19.5 Å². The topological polar surface area (TPSA) is 34.4 Å². The lowest BCUT2D eigenvalue weighted by Gasteiger charge is -2.31. The number of nitrogens with one attached hydrogen (secondary N) is 1. The van der Waals surface area contributed by atoms with E-state index in [0.29, 0.717) is 12.5 Å². The van der Waals surface area contributed by atoms with E-state index in [4.69, 9.17) is 9.15 Å². The molecule has 0 radical (unpaired) electrons. The summed E-state index contributed by atoms with van der Waals surface area (Å²) in [7, 11) is 0. The minimum absolute atomic E-state index is 0.214. The van der Waals surface area contributed by atoms with Crippen molar-refractivity contribution < 1.29 is 9.15 Å². The molecular formula is C16H19NO2. The van der Waals surface area contributed by atoms with Gasteiger partial charge in [0.25, 0.3) is 0 Å². The molecule has 0 spiro atoms. The first-order chi connectivity index (χ1) is 9.43. The van der Waals surface area contributed by atoms with Crippen LogP contribution in [0.15, 0.2) is 53.3 Å². The molecule has 2 heterocycles. The van der Waals surface area contributed by atoms with Gasteiger partial charge in [-0.2, -0.15) is 0 Å². The fourth-order valence-electron chi connectivity index (χ4n) is 2.65. The molecular weight excluding hydrogens is 238 g/mol. The second-order valence-electron chi connectivity index (χ2n) is 4.99. The molecule has 19 heavy (non-hydrogen) atoms. The minimum atomic E-state index is 0.214. The van der Waals surface area contributed by atoms with Crippen molar-refractivity contribution in [2.75, 3.05) is 13.1 Å². The maximum Gasteiger partial charge on any atom is 0.0938 e. The highest BCUT2D eigenvalue weighted by atomic mass is 16.5. The predicted octanol–water partition coefficient (Wildman–Crippen LogP) is 2.94. The lowest BCUT2D eigenvalue weighted by molar-refractivity contribution is 0.0105. The van der Waals surface area contributed by atoms with Crippen LogP contribution in [-0.4, -0.2) is 19.2 Å². The van der Waals surface area contributed by atoms with Crippen molar-refractivity contribution in [2.24, 2.45) is 0 Å². The van der Waals surface area contributed by atoms with E-state index in [1.807, 2.05) is 24.5 Å². The minimum Gasteiger partial charge on any atom is -0.472 e. The monoisotopic (exact) mass is 257 g/mol. The van der Waals surface area contributed by atoms with Crippen LogP contribution in [0.5, 0.6) is 0 Å². The smallest absolute Gasteiger partial charge is 0.0938 e. The Bertz CT molecular complexity index is 481. The molecule has 2 aromatic rings. The van der Waals surface area contributed by atoms with Crippen LogP contribution in [0.25, 0.3) is 0 Å². The second-order valence-corrected chi connectivity index (χ2v) is 4.99. The number of rotatable bonds is 4. The molecule has 0 amide bonds. The summed E-state index contributed by atoms with van der Waals surface area (Å²) < 4.78 is 11.3. The van der Waals surface area contributed by atoms with Gasteiger partial charge in [0.1, 0.15) is 0 Å². The number of benzene rings is 1. The lowest BCUT2D eigenvalue weighted by atomic mass is 9.89. The lowest BCUT2D eigenvalue weighted by Crippen LogP contribution is -2.40. The molecule has 1 aromatic heterocycles. The molecule has 1 saturated heterocycles. The SMILES string of the molecule is c1ccc(CO[C@@H]2CNCCC2c2ccoc2)cc1. The van der Waals surface area contributed by atoms with Crippen molar-refractivity contribution in [1.29, 1.82) is 0 Å². The molecule has 3 heteroatoms. The Balaban J connectivity index is 1.64. The zero-order valence-corrected chi connectivity index (χ0v) is 10.9. The molecule has 100 valence electrons. The standard InChI is InChI=1S/C16H19NO2/c1-2-4-13(5-3-1)11-19-16-10-17-8-6-15(16)14-7-9-18-12-14/h1-5,7,9,12,15-17H,6,8,10-11H2/t15?,16-/m1/s1. The van der Waals surface area contributed by atoms with Crippen LogP contribution in [0.1, 0.15) is 23.5 Å². The average molecular weight is 257 g/mol. The molecule has 3 nitrogen and oxygen atoms in total. The summed E-state index contributed by atoms with van der Waals surface area (Å²) in [5.74, 6) is 0.434. The largest absolute Gasteiger partial charge is 0.472 e. The quantitative estimate of drug-likeness (QED) is 0.914. The molecule has 1 unspecified atom stereocenters. The Morgan fingerprint density at radius 1 is 1.21 bits per heavy atom. The molecule has 1 N–H and O–H groups in total. The van der Waals surface area contributed by atoms with E-state index < -0.39 is 0 Å². The zero-order chi connectivity index (χ0) is 12.9. The average Bonchev–Trinajstić information content (AvgIpc) is 3.01. The highest BCUT2D eigenvalue weighted by molar-refractivity contribution is 5.17. The van der Waals surface area contributed by atoms with Gasteiger partial charge in [-0.15, -0.1) is 0 Å². The Labute approximate surface area is 113 Å². The van der Waals surface area contributed by atoms with Gasteiger partial charge < -0.3 is 14.5 Å². The number of furan rings is 1. The van der Waals surface area contributed by atoms with E-state index in [1.165, 1.54) is 11.1 Å². The molecule has 1 aliphatic rings. The summed E-state index contributed by atoms with van der Waals surface area (Å²) in [6.07, 6.45) is 4.89. The van der Waals surface area contributed by atoms with E-state index in [2.05, 4.69) is 23.5 Å². The summed E-state index contributed by atoms with van der Waals surface area (Å²) in [5, 5.41) is 3.41. The number of hydrogen-bond acceptors (Lipinski definition) is 3. The van der Waals surface area contributed by atoms with Crippen molar-refractivity contribution >= 4 is 0 Å². The number of ether oxygens (including phenoxy) is 1. The first-order valence-corrected chi connectivity index (χ1v) is 6.82. The summed E-state index contributed by atoms with van der Waals surface area (Å²) in [6, 6.07) is 12.4. The van der Waals surface area contributed by atoms with Crippen LogP contribution in [0.2, 0.25) is 0 Å². The second kappa shape index (κ2) is 6.04. The highest BCUT2D eigenvalue weighted by Gasteiger charge is 2.27. The van der Waals surface area contributed by atoms with Crippen LogP contribution in [0.3, 0.4) is 0 Å². The predicted molar refractivity (Wildman–Crippen MR) is 74.0 cm³/mol. The summed E-state index contributed by atoms with van der Waals surface area (Å²) in [6.45, 7) is 2.62. The van der Waals surface area contributed by atoms with Gasteiger partial charge in [0.2, 0.25) is 0 Å². The maximum atomic E-state index is 6.10. The molecule has 1 fully saturated rings. The zero-order valence-electron chi connectivity index (χ0n) is 10.9. The van der Waals surface area contributed by atoms with E-state index in [-0.39, 0.29) is 6.10 Å². The fraction of sp³-hybridized carbons (Fsp3) is 0.375. The van der Waals surface area contributed by atoms with Crippen molar-refractivity contribution in [3.05, 3.63) is 60.1 Å². The van der Waals surface area contributed by atoms with Gasteiger partial charge in [0.15, 0.2) is 0 Å². The van der Waals surface area contributed by atoms with Gasteiger partial charge in [0.05, 0.1) is 25.2 Å². The first-order valence-electron chi connectivity index (χ1n) is 6.82. The molecule has 2 atom stereocenters. The van der Waals surface area contributed by atoms with Crippen LogP contribution in [0.4, 0.5) is 0 Å². The Morgan fingerprint density at radius 2 is 2.11 bits per heavy atom. The van der Waals surface area contributed by atoms with Crippen molar-refractivity contribution in [3.63, 3.8) is 0 Å². The van der Waals surface area contributed by atoms with Gasteiger partial charge in [-0.3, -0.25) is 0 Å². The molecule has 0 aliphatic carbocycles. The third-order valence-corrected chi connectivity index (χ3v) is 3.70. The highest BCUT2D eigenvalue weighted by Crippen LogP contribution is 2.28. The van der Waals surface area contributed by atoms with E-state index in [1.54, 1.807) is 6.26 Å². The Morgan fingerprint density at radius 3 is 2.89 bits per heavy atom. The van der Waals surface area contributed by atoms with Crippen LogP contribution in [-0.2, 0) is 11.3 Å². The Hall–Kier alpha value is -1.58. The van der Waals surface area contributed by atoms with Gasteiger partial charge in [0, 0.05) is 12.5 Å². The number of piperidine rings is 1. The molecule has 0 saturated carbocycles. The van der Waals surface area contributed by atoms with Crippen molar-refractivity contribution in [2.45, 2.75) is 25.0 Å². The van der Waals surface area contributed by atoms with E-state index in [9.17, 15) is 0 Å². The summed E-state index contributed by atoms with van der Waals surface area (Å²) >= 11 is 0. The first kappa shape index (κ1) is 12.5. The maximum absolute atomic E-state index is 6.10. The van der Waals surface area contributed by atoms with Crippen LogP contribution in [0, 0.1) is 0 Å². The molecule has 0 bridgehead atoms. The van der Waals surface area contributed by atoms with Crippen LogP contribution >= 0.6 is 0 Å². The van der Waals surface area contributed by atoms with Gasteiger partial charge in [-0.05, 0) is 30.2 Å². The number of hydrogen-bond donors (Lipinski definition) is 1. The van der Waals surface area contributed by atoms with Gasteiger partial charge in [-0.25, -0.2) is 0 Å². The summed E-state index contributed by atoms with van der Waals surface area (Å²) in [5.41, 5.74) is 2.47. The molecule has 1 aromatic carbocycles. The normalized spacial score (nSPS) is 23.4. The van der Waals surface area contributed by atoms with Gasteiger partial charge >= 0.3 is 0 Å². The third-order valence-electron chi connectivity index (χ3n) is 3.70.